The average Bonchev–Trinajstić information content (AvgIpc) is 2.35. The molecule has 16 heavy (non-hydrogen) atoms. The molecule has 1 N–H and O–H groups in total. The van der Waals surface area contributed by atoms with Gasteiger partial charge in [-0.1, -0.05) is 13.8 Å². The lowest BCUT2D eigenvalue weighted by Crippen LogP contribution is -2.29. The average molecular weight is 222 g/mol. The smallest absolute Gasteiger partial charge is 0.151 e. The van der Waals surface area contributed by atoms with Gasteiger partial charge in [0, 0.05) is 19.6 Å². The summed E-state index contributed by atoms with van der Waals surface area (Å²) in [5.74, 6) is 0.939. The van der Waals surface area contributed by atoms with E-state index in [2.05, 4.69) is 48.2 Å². The summed E-state index contributed by atoms with van der Waals surface area (Å²) in [5, 5.41) is 11.7. The molecule has 0 amide bonds. The highest BCUT2D eigenvalue weighted by Gasteiger charge is 2.09. The Bertz CT molecular complexity index is 296. The largest absolute Gasteiger partial charge is 0.356 e. The van der Waals surface area contributed by atoms with E-state index in [4.69, 9.17) is 0 Å². The van der Waals surface area contributed by atoms with Crippen LogP contribution < -0.4 is 10.2 Å². The molecule has 0 aliphatic carbocycles. The third-order valence-electron chi connectivity index (χ3n) is 2.88. The fourth-order valence-electron chi connectivity index (χ4n) is 1.39. The van der Waals surface area contributed by atoms with Crippen LogP contribution in [0.1, 0.15) is 32.9 Å². The molecule has 90 valence electrons. The molecule has 0 aliphatic heterocycles. The van der Waals surface area contributed by atoms with Crippen LogP contribution in [0.2, 0.25) is 0 Å². The van der Waals surface area contributed by atoms with Gasteiger partial charge in [-0.15, -0.1) is 5.10 Å². The maximum absolute atomic E-state index is 4.24. The van der Waals surface area contributed by atoms with Crippen LogP contribution in [0.4, 0.5) is 5.82 Å². The summed E-state index contributed by atoms with van der Waals surface area (Å²) in [4.78, 5) is 2.16. The number of rotatable bonds is 6. The Kier molecular flexibility index (Phi) is 5.19. The Hall–Kier alpha value is -1.16. The molecule has 0 radical (unpaired) electrons. The molecule has 1 aromatic rings. The summed E-state index contributed by atoms with van der Waals surface area (Å²) in [5.41, 5.74) is 0.989. The number of hydrogen-bond donors (Lipinski definition) is 1. The monoisotopic (exact) mass is 222 g/mol. The van der Waals surface area contributed by atoms with Crippen molar-refractivity contribution >= 4 is 5.82 Å². The van der Waals surface area contributed by atoms with Crippen molar-refractivity contribution in [2.24, 2.45) is 0 Å². The van der Waals surface area contributed by atoms with Crippen LogP contribution in [-0.2, 0) is 6.54 Å². The van der Waals surface area contributed by atoms with Gasteiger partial charge in [-0.2, -0.15) is 5.10 Å². The minimum Gasteiger partial charge on any atom is -0.356 e. The van der Waals surface area contributed by atoms with E-state index >= 15 is 0 Å². The standard InChI is InChI=1S/C12H22N4/c1-5-10(3)16(4)12-8-7-11(14-15-12)9-13-6-2/h7-8,10,13H,5-6,9H2,1-4H3. The lowest BCUT2D eigenvalue weighted by Gasteiger charge is -2.24. The van der Waals surface area contributed by atoms with Crippen molar-refractivity contribution in [1.29, 1.82) is 0 Å². The third kappa shape index (κ3) is 3.45. The van der Waals surface area contributed by atoms with Crippen molar-refractivity contribution in [2.75, 3.05) is 18.5 Å². The van der Waals surface area contributed by atoms with Crippen molar-refractivity contribution in [3.8, 4) is 0 Å². The van der Waals surface area contributed by atoms with Crippen LogP contribution in [-0.4, -0.2) is 29.8 Å². The first kappa shape index (κ1) is 12.9. The minimum absolute atomic E-state index is 0.494. The molecule has 1 rings (SSSR count). The van der Waals surface area contributed by atoms with Gasteiger partial charge in [0.05, 0.1) is 5.69 Å². The van der Waals surface area contributed by atoms with Gasteiger partial charge in [0.1, 0.15) is 0 Å². The normalized spacial score (nSPS) is 12.5. The number of hydrogen-bond acceptors (Lipinski definition) is 4. The van der Waals surface area contributed by atoms with Crippen LogP contribution in [0.5, 0.6) is 0 Å². The zero-order valence-corrected chi connectivity index (χ0v) is 10.7. The van der Waals surface area contributed by atoms with Crippen LogP contribution in [0.15, 0.2) is 12.1 Å². The van der Waals surface area contributed by atoms with Gasteiger partial charge in [0.25, 0.3) is 0 Å². The lowest BCUT2D eigenvalue weighted by atomic mass is 10.2. The van der Waals surface area contributed by atoms with Crippen molar-refractivity contribution in [2.45, 2.75) is 39.8 Å². The molecule has 0 bridgehead atoms. The summed E-state index contributed by atoms with van der Waals surface area (Å²) in [7, 11) is 2.06. The summed E-state index contributed by atoms with van der Waals surface area (Å²) < 4.78 is 0. The van der Waals surface area contributed by atoms with E-state index in [-0.39, 0.29) is 0 Å². The summed E-state index contributed by atoms with van der Waals surface area (Å²) in [6.45, 7) is 8.19. The maximum atomic E-state index is 4.24. The first-order valence-corrected chi connectivity index (χ1v) is 5.95. The van der Waals surface area contributed by atoms with Gasteiger partial charge < -0.3 is 10.2 Å². The molecule has 1 atom stereocenters. The van der Waals surface area contributed by atoms with E-state index in [9.17, 15) is 0 Å². The van der Waals surface area contributed by atoms with E-state index < -0.39 is 0 Å². The number of aromatic nitrogens is 2. The molecule has 4 heteroatoms. The van der Waals surface area contributed by atoms with Crippen LogP contribution >= 0.6 is 0 Å². The predicted molar refractivity (Wildman–Crippen MR) is 67.6 cm³/mol. The van der Waals surface area contributed by atoms with E-state index in [1.165, 1.54) is 0 Å². The molecular weight excluding hydrogens is 200 g/mol. The molecule has 0 fully saturated rings. The van der Waals surface area contributed by atoms with Gasteiger partial charge in [-0.25, -0.2) is 0 Å². The van der Waals surface area contributed by atoms with Gasteiger partial charge in [0.2, 0.25) is 0 Å². The Morgan fingerprint density at radius 3 is 2.56 bits per heavy atom. The van der Waals surface area contributed by atoms with Crippen molar-refractivity contribution in [3.05, 3.63) is 17.8 Å². The van der Waals surface area contributed by atoms with Crippen molar-refractivity contribution in [3.63, 3.8) is 0 Å². The highest BCUT2D eigenvalue weighted by Crippen LogP contribution is 2.12. The third-order valence-corrected chi connectivity index (χ3v) is 2.88. The van der Waals surface area contributed by atoms with E-state index in [1.807, 2.05) is 12.1 Å². The fraction of sp³-hybridized carbons (Fsp3) is 0.667. The molecule has 0 aliphatic rings. The minimum atomic E-state index is 0.494. The van der Waals surface area contributed by atoms with Gasteiger partial charge >= 0.3 is 0 Å². The molecule has 0 saturated carbocycles. The highest BCUT2D eigenvalue weighted by molar-refractivity contribution is 5.37. The second-order valence-corrected chi connectivity index (χ2v) is 4.03. The number of nitrogens with one attached hydrogen (secondary N) is 1. The van der Waals surface area contributed by atoms with Crippen LogP contribution in [0, 0.1) is 0 Å². The first-order valence-electron chi connectivity index (χ1n) is 5.95. The molecule has 1 aromatic heterocycles. The van der Waals surface area contributed by atoms with E-state index in [1.54, 1.807) is 0 Å². The molecule has 1 unspecified atom stereocenters. The molecule has 0 aromatic carbocycles. The molecule has 1 heterocycles. The molecular formula is C12H22N4. The second-order valence-electron chi connectivity index (χ2n) is 4.03. The van der Waals surface area contributed by atoms with E-state index in [0.29, 0.717) is 6.04 Å². The molecule has 0 spiro atoms. The summed E-state index contributed by atoms with van der Waals surface area (Å²) >= 11 is 0. The number of anilines is 1. The Balaban J connectivity index is 2.63. The van der Waals surface area contributed by atoms with Crippen molar-refractivity contribution in [1.82, 2.24) is 15.5 Å². The molecule has 4 nitrogen and oxygen atoms in total. The Morgan fingerprint density at radius 1 is 1.31 bits per heavy atom. The Morgan fingerprint density at radius 2 is 2.06 bits per heavy atom. The lowest BCUT2D eigenvalue weighted by molar-refractivity contribution is 0.646. The predicted octanol–water partition coefficient (Wildman–Crippen LogP) is 1.82. The fourth-order valence-corrected chi connectivity index (χ4v) is 1.39. The molecule has 0 saturated heterocycles. The zero-order valence-electron chi connectivity index (χ0n) is 10.7. The highest BCUT2D eigenvalue weighted by atomic mass is 15.3. The van der Waals surface area contributed by atoms with Crippen molar-refractivity contribution < 1.29 is 0 Å². The van der Waals surface area contributed by atoms with Gasteiger partial charge in [-0.05, 0) is 32.0 Å². The summed E-state index contributed by atoms with van der Waals surface area (Å²) in [6.07, 6.45) is 1.11. The summed E-state index contributed by atoms with van der Waals surface area (Å²) in [6, 6.07) is 4.56. The van der Waals surface area contributed by atoms with Crippen LogP contribution in [0.25, 0.3) is 0 Å². The second kappa shape index (κ2) is 6.43. The maximum Gasteiger partial charge on any atom is 0.151 e. The van der Waals surface area contributed by atoms with Gasteiger partial charge in [-0.3, -0.25) is 0 Å². The topological polar surface area (TPSA) is 41.0 Å². The van der Waals surface area contributed by atoms with Crippen LogP contribution in [0.3, 0.4) is 0 Å². The SMILES string of the molecule is CCNCc1ccc(N(C)C(C)CC)nn1. The quantitative estimate of drug-likeness (QED) is 0.797. The Labute approximate surface area is 98.1 Å². The first-order chi connectivity index (χ1) is 7.69. The van der Waals surface area contributed by atoms with Gasteiger partial charge in [0.15, 0.2) is 5.82 Å². The number of nitrogens with zero attached hydrogens (tertiary/aromatic N) is 3. The van der Waals surface area contributed by atoms with E-state index in [0.717, 1.165) is 31.0 Å². The zero-order chi connectivity index (χ0) is 12.0.